The smallest absolute Gasteiger partial charge is 0.301 e. The van der Waals surface area contributed by atoms with Gasteiger partial charge in [-0.3, -0.25) is 39.4 Å². The van der Waals surface area contributed by atoms with Crippen molar-refractivity contribution >= 4 is 62.1 Å². The molecule has 1 fully saturated rings. The van der Waals surface area contributed by atoms with Crippen molar-refractivity contribution < 1.29 is 38.9 Å². The van der Waals surface area contributed by atoms with Crippen molar-refractivity contribution in [2.45, 2.75) is 18.8 Å². The Morgan fingerprint density at radius 2 is 1.65 bits per heavy atom. The molecule has 0 aromatic heterocycles. The average molecular weight is 693 g/mol. The molecule has 6 rings (SSSR count). The molecule has 236 valence electrons. The number of nitro benzene ring substituents is 2. The maximum absolute atomic E-state index is 14.2. The summed E-state index contributed by atoms with van der Waals surface area (Å²) in [6, 6.07) is 6.47. The SMILES string of the molecule is COc1ccc(C2C3=CCC4C(=O)N(c5cc([N+](=O)[O-])c(N(C)C)c([N+](=O)[O-])c5)C(=O)C4C3CC3=C2C(=O)C=C(Br)C3=O)c(O)c1. The van der Waals surface area contributed by atoms with Crippen LogP contribution in [0.5, 0.6) is 11.5 Å². The first kappa shape index (κ1) is 30.8. The number of hydrogen-bond donors (Lipinski definition) is 1. The summed E-state index contributed by atoms with van der Waals surface area (Å²) < 4.78 is 5.24. The fraction of sp³-hybridized carbons (Fsp3) is 0.290. The summed E-state index contributed by atoms with van der Waals surface area (Å²) in [5.41, 5.74) is -0.762. The number of imide groups is 1. The molecule has 1 heterocycles. The number of ketones is 2. The first-order valence-corrected chi connectivity index (χ1v) is 14.8. The Hall–Kier alpha value is -5.18. The molecule has 2 aromatic rings. The molecule has 4 aliphatic rings. The minimum atomic E-state index is -1.05. The lowest BCUT2D eigenvalue weighted by molar-refractivity contribution is -0.392. The Bertz CT molecular complexity index is 1880. The van der Waals surface area contributed by atoms with E-state index in [1.165, 1.54) is 38.2 Å². The number of fused-ring (bicyclic) bond motifs is 3. The Morgan fingerprint density at radius 1 is 1.00 bits per heavy atom. The summed E-state index contributed by atoms with van der Waals surface area (Å²) in [6.45, 7) is 0. The molecule has 2 aromatic carbocycles. The summed E-state index contributed by atoms with van der Waals surface area (Å²) in [4.78, 5) is 79.2. The number of rotatable bonds is 6. The quantitative estimate of drug-likeness (QED) is 0.150. The maximum atomic E-state index is 14.2. The molecule has 15 heteroatoms. The van der Waals surface area contributed by atoms with Gasteiger partial charge in [-0.25, -0.2) is 4.90 Å². The first-order chi connectivity index (χ1) is 21.8. The summed E-state index contributed by atoms with van der Waals surface area (Å²) in [5.74, 6) is -5.88. The molecule has 4 atom stereocenters. The Labute approximate surface area is 269 Å². The van der Waals surface area contributed by atoms with E-state index in [1.54, 1.807) is 18.2 Å². The number of carbonyl (C=O) groups is 4. The number of ether oxygens (including phenoxy) is 1. The van der Waals surface area contributed by atoms with Gasteiger partial charge in [-0.05, 0) is 40.8 Å². The van der Waals surface area contributed by atoms with Crippen LogP contribution in [0.1, 0.15) is 24.3 Å². The molecule has 0 bridgehead atoms. The van der Waals surface area contributed by atoms with Gasteiger partial charge in [0.1, 0.15) is 11.5 Å². The van der Waals surface area contributed by atoms with Gasteiger partial charge in [-0.1, -0.05) is 17.7 Å². The van der Waals surface area contributed by atoms with Gasteiger partial charge >= 0.3 is 11.4 Å². The number of amides is 2. The molecule has 2 amide bonds. The lowest BCUT2D eigenvalue weighted by Crippen LogP contribution is -2.39. The fourth-order valence-corrected chi connectivity index (χ4v) is 7.61. The maximum Gasteiger partial charge on any atom is 0.301 e. The molecule has 4 unspecified atom stereocenters. The van der Waals surface area contributed by atoms with Gasteiger partial charge in [0.2, 0.25) is 11.8 Å². The molecule has 0 radical (unpaired) electrons. The normalized spacial score (nSPS) is 23.8. The zero-order chi connectivity index (χ0) is 33.4. The number of nitrogens with zero attached hydrogens (tertiary/aromatic N) is 4. The zero-order valence-electron chi connectivity index (χ0n) is 24.6. The molecular formula is C31H25BrN4O10. The van der Waals surface area contributed by atoms with Crippen molar-refractivity contribution in [2.75, 3.05) is 31.0 Å². The van der Waals surface area contributed by atoms with Gasteiger partial charge < -0.3 is 14.7 Å². The van der Waals surface area contributed by atoms with Crippen LogP contribution in [-0.2, 0) is 19.2 Å². The van der Waals surface area contributed by atoms with Gasteiger partial charge in [0.05, 0.1) is 39.0 Å². The monoisotopic (exact) mass is 692 g/mol. The van der Waals surface area contributed by atoms with E-state index in [0.29, 0.717) is 16.9 Å². The third kappa shape index (κ3) is 4.52. The lowest BCUT2D eigenvalue weighted by Gasteiger charge is -2.42. The highest BCUT2D eigenvalue weighted by atomic mass is 79.9. The highest BCUT2D eigenvalue weighted by molar-refractivity contribution is 9.12. The van der Waals surface area contributed by atoms with Crippen LogP contribution in [-0.4, -0.2) is 59.5 Å². The van der Waals surface area contributed by atoms with Crippen molar-refractivity contribution in [3.63, 3.8) is 0 Å². The van der Waals surface area contributed by atoms with E-state index in [1.807, 2.05) is 0 Å². The predicted octanol–water partition coefficient (Wildman–Crippen LogP) is 4.25. The number of phenolic OH excluding ortho intramolecular Hbond substituents is 1. The van der Waals surface area contributed by atoms with Crippen LogP contribution in [0.25, 0.3) is 0 Å². The largest absolute Gasteiger partial charge is 0.507 e. The second-order valence-electron chi connectivity index (χ2n) is 11.6. The molecular weight excluding hydrogens is 668 g/mol. The highest BCUT2D eigenvalue weighted by Crippen LogP contribution is 2.57. The lowest BCUT2D eigenvalue weighted by atomic mass is 9.59. The van der Waals surface area contributed by atoms with Gasteiger partial charge in [-0.15, -0.1) is 0 Å². The van der Waals surface area contributed by atoms with Gasteiger partial charge in [-0.2, -0.15) is 0 Å². The van der Waals surface area contributed by atoms with Crippen molar-refractivity contribution in [1.29, 1.82) is 0 Å². The van der Waals surface area contributed by atoms with Crippen LogP contribution in [0.3, 0.4) is 0 Å². The van der Waals surface area contributed by atoms with Crippen LogP contribution in [0.4, 0.5) is 22.7 Å². The number of carbonyl (C=O) groups excluding carboxylic acids is 4. The summed E-state index contributed by atoms with van der Waals surface area (Å²) in [7, 11) is 4.22. The molecule has 1 N–H and O–H groups in total. The van der Waals surface area contributed by atoms with E-state index >= 15 is 0 Å². The Kier molecular flexibility index (Phi) is 7.38. The van der Waals surface area contributed by atoms with Crippen molar-refractivity contribution in [2.24, 2.45) is 17.8 Å². The minimum Gasteiger partial charge on any atom is -0.507 e. The molecule has 0 spiro atoms. The minimum absolute atomic E-state index is 0.0322. The number of hydrogen-bond acceptors (Lipinski definition) is 11. The van der Waals surface area contributed by atoms with Crippen LogP contribution in [0, 0.1) is 38.0 Å². The summed E-state index contributed by atoms with van der Waals surface area (Å²) >= 11 is 3.16. The molecule has 1 saturated heterocycles. The fourth-order valence-electron chi connectivity index (χ4n) is 7.17. The number of halogens is 1. The average Bonchev–Trinajstić information content (AvgIpc) is 3.27. The third-order valence-corrected chi connectivity index (χ3v) is 9.62. The second kappa shape index (κ2) is 11.0. The molecule has 46 heavy (non-hydrogen) atoms. The molecule has 3 aliphatic carbocycles. The molecule has 14 nitrogen and oxygen atoms in total. The topological polar surface area (TPSA) is 190 Å². The van der Waals surface area contributed by atoms with E-state index in [9.17, 15) is 44.5 Å². The number of methoxy groups -OCH3 is 1. The van der Waals surface area contributed by atoms with Crippen LogP contribution >= 0.6 is 15.9 Å². The van der Waals surface area contributed by atoms with Crippen molar-refractivity contribution in [3.8, 4) is 11.5 Å². The van der Waals surface area contributed by atoms with E-state index in [4.69, 9.17) is 4.74 Å². The van der Waals surface area contributed by atoms with E-state index in [-0.39, 0.29) is 45.6 Å². The van der Waals surface area contributed by atoms with Crippen LogP contribution < -0.4 is 14.5 Å². The molecule has 0 saturated carbocycles. The number of allylic oxidation sites excluding steroid dienone is 6. The van der Waals surface area contributed by atoms with E-state index in [2.05, 4.69) is 15.9 Å². The Morgan fingerprint density at radius 3 is 2.22 bits per heavy atom. The zero-order valence-corrected chi connectivity index (χ0v) is 26.1. The standard InChI is InChI=1S/C31H25BrN4O10/c1-33(2)28-21(35(42)43)8-13(9-22(28)36(44)45)34-30(40)17-7-6-15-18(26(17)31(34)41)11-19-27(24(38)12-20(32)29(19)39)25(15)16-5-4-14(46-3)10-23(16)37/h4-6,8-10,12,17-18,25-26,37H,7,11H2,1-3H3. The first-order valence-electron chi connectivity index (χ1n) is 14.0. The number of phenols is 1. The Balaban J connectivity index is 1.49. The number of benzene rings is 2. The van der Waals surface area contributed by atoms with Gasteiger partial charge in [0.15, 0.2) is 17.3 Å². The number of aromatic hydroxyl groups is 1. The second-order valence-corrected chi connectivity index (χ2v) is 12.4. The predicted molar refractivity (Wildman–Crippen MR) is 166 cm³/mol. The number of anilines is 2. The number of Topliss-reactive ketones (excluding diaryl/α,β-unsaturated/α-hetero) is 1. The van der Waals surface area contributed by atoms with E-state index in [0.717, 1.165) is 17.0 Å². The summed E-state index contributed by atoms with van der Waals surface area (Å²) in [6.07, 6.45) is 2.90. The number of nitro groups is 2. The van der Waals surface area contributed by atoms with Crippen LogP contribution in [0.15, 0.2) is 63.7 Å². The highest BCUT2D eigenvalue weighted by Gasteiger charge is 2.57. The van der Waals surface area contributed by atoms with Gasteiger partial charge in [0.25, 0.3) is 0 Å². The summed E-state index contributed by atoms with van der Waals surface area (Å²) in [5, 5.41) is 35.0. The van der Waals surface area contributed by atoms with Crippen LogP contribution in [0.2, 0.25) is 0 Å². The third-order valence-electron chi connectivity index (χ3n) is 9.03. The van der Waals surface area contributed by atoms with Crippen molar-refractivity contribution in [1.82, 2.24) is 0 Å². The van der Waals surface area contributed by atoms with E-state index < -0.39 is 68.3 Å². The molecule has 1 aliphatic heterocycles. The van der Waals surface area contributed by atoms with Crippen molar-refractivity contribution in [3.05, 3.63) is 89.5 Å². The van der Waals surface area contributed by atoms with Gasteiger partial charge in [0, 0.05) is 61.0 Å².